The number of carbonyl (C=O) groups excluding carboxylic acids is 4. The molecule has 0 saturated heterocycles. The predicted octanol–water partition coefficient (Wildman–Crippen LogP) is 15.5. The van der Waals surface area contributed by atoms with Crippen LogP contribution in [-0.2, 0) is 65.4 Å². The van der Waals surface area contributed by atoms with Crippen molar-refractivity contribution < 1.29 is 80.2 Å². The van der Waals surface area contributed by atoms with E-state index in [1.54, 1.807) is 0 Å². The van der Waals surface area contributed by atoms with Gasteiger partial charge in [-0.25, -0.2) is 9.13 Å². The molecule has 0 radical (unpaired) electrons. The molecule has 0 amide bonds. The Morgan fingerprint density at radius 3 is 0.922 bits per heavy atom. The molecule has 17 nitrogen and oxygen atoms in total. The van der Waals surface area contributed by atoms with Crippen molar-refractivity contribution in [1.29, 1.82) is 0 Å². The summed E-state index contributed by atoms with van der Waals surface area (Å²) in [7, 11) is -9.87. The molecule has 19 heteroatoms. The Bertz CT molecular complexity index is 1520. The summed E-state index contributed by atoms with van der Waals surface area (Å²) in [4.78, 5) is 71.7. The lowest BCUT2D eigenvalue weighted by molar-refractivity contribution is -0.161. The van der Waals surface area contributed by atoms with Crippen LogP contribution in [0.4, 0.5) is 0 Å². The first-order valence-corrected chi connectivity index (χ1v) is 33.7. The van der Waals surface area contributed by atoms with Crippen molar-refractivity contribution in [3.8, 4) is 0 Å². The highest BCUT2D eigenvalue weighted by Crippen LogP contribution is 2.45. The number of carbonyl (C=O) groups is 4. The van der Waals surface area contributed by atoms with Crippen LogP contribution >= 0.6 is 15.6 Å². The highest BCUT2D eigenvalue weighted by atomic mass is 31.2. The van der Waals surface area contributed by atoms with E-state index >= 15 is 0 Å². The molecule has 0 aromatic heterocycles. The zero-order chi connectivity index (χ0) is 57.1. The third kappa shape index (κ3) is 51.9. The molecule has 0 saturated carbocycles. The quantitative estimate of drug-likeness (QED) is 0.0222. The summed E-state index contributed by atoms with van der Waals surface area (Å²) in [5, 5.41) is 10.5. The maximum atomic E-state index is 12.9. The number of unbranched alkanes of at least 4 members (excludes halogenated alkanes) is 29. The standard InChI is InChI=1S/C58H112O17P2/c1-6-10-13-16-19-22-23-24-27-34-39-44-58(63)75-54(48-69-56(61)42-37-32-29-28-30-35-40-51(5)9-4)50-73-77(66,67)71-46-52(59)45-70-76(64,65)72-49-53(74-57(62)43-38-33-26-21-18-15-12-8-3)47-68-55(60)41-36-31-25-20-17-14-11-7-2/h51-54,59H,6-50H2,1-5H3,(H,64,65)(H,66,67)/t51?,52-,53+,54+/m0/s1. The Balaban J connectivity index is 5.22. The molecule has 0 spiro atoms. The number of esters is 4. The van der Waals surface area contributed by atoms with E-state index in [0.717, 1.165) is 115 Å². The Morgan fingerprint density at radius 1 is 0.364 bits per heavy atom. The minimum Gasteiger partial charge on any atom is -0.462 e. The summed E-state index contributed by atoms with van der Waals surface area (Å²) in [6.07, 6.45) is 33.5. The number of hydrogen-bond acceptors (Lipinski definition) is 15. The normalized spacial score (nSPS) is 14.8. The van der Waals surface area contributed by atoms with Gasteiger partial charge in [0.2, 0.25) is 0 Å². The summed E-state index contributed by atoms with van der Waals surface area (Å²) in [6.45, 7) is 7.05. The molecular formula is C58H112O17P2. The molecule has 0 aliphatic rings. The van der Waals surface area contributed by atoms with Gasteiger partial charge in [0.15, 0.2) is 12.2 Å². The number of hydrogen-bond donors (Lipinski definition) is 3. The second kappa shape index (κ2) is 52.2. The third-order valence-corrected chi connectivity index (χ3v) is 15.5. The van der Waals surface area contributed by atoms with Crippen LogP contribution in [0.5, 0.6) is 0 Å². The number of ether oxygens (including phenoxy) is 4. The lowest BCUT2D eigenvalue weighted by Gasteiger charge is -2.21. The summed E-state index contributed by atoms with van der Waals surface area (Å²) in [5.41, 5.74) is 0. The zero-order valence-corrected chi connectivity index (χ0v) is 50.9. The average molecular weight is 1140 g/mol. The number of aliphatic hydroxyl groups is 1. The van der Waals surface area contributed by atoms with E-state index in [1.165, 1.54) is 89.9 Å². The number of aliphatic hydroxyl groups excluding tert-OH is 1. The summed E-state index contributed by atoms with van der Waals surface area (Å²) >= 11 is 0. The van der Waals surface area contributed by atoms with E-state index in [4.69, 9.17) is 37.0 Å². The van der Waals surface area contributed by atoms with Gasteiger partial charge >= 0.3 is 39.5 Å². The zero-order valence-electron chi connectivity index (χ0n) is 49.1. The van der Waals surface area contributed by atoms with Gasteiger partial charge in [0.25, 0.3) is 0 Å². The van der Waals surface area contributed by atoms with Crippen LogP contribution in [0.1, 0.15) is 285 Å². The van der Waals surface area contributed by atoms with E-state index in [-0.39, 0.29) is 25.7 Å². The van der Waals surface area contributed by atoms with Crippen molar-refractivity contribution in [3.63, 3.8) is 0 Å². The monoisotopic (exact) mass is 1140 g/mol. The molecular weight excluding hydrogens is 1030 g/mol. The van der Waals surface area contributed by atoms with Crippen molar-refractivity contribution in [1.82, 2.24) is 0 Å². The smallest absolute Gasteiger partial charge is 0.462 e. The molecule has 3 unspecified atom stereocenters. The lowest BCUT2D eigenvalue weighted by atomic mass is 10.00. The van der Waals surface area contributed by atoms with Crippen LogP contribution in [0.2, 0.25) is 0 Å². The van der Waals surface area contributed by atoms with Gasteiger partial charge in [-0.1, -0.05) is 234 Å². The average Bonchev–Trinajstić information content (AvgIpc) is 3.40. The van der Waals surface area contributed by atoms with Crippen molar-refractivity contribution in [2.45, 2.75) is 303 Å². The second-order valence-electron chi connectivity index (χ2n) is 21.3. The van der Waals surface area contributed by atoms with Crippen LogP contribution in [-0.4, -0.2) is 96.7 Å². The van der Waals surface area contributed by atoms with E-state index < -0.39 is 97.5 Å². The van der Waals surface area contributed by atoms with Gasteiger partial charge in [-0.05, 0) is 31.6 Å². The molecule has 0 bridgehead atoms. The fourth-order valence-corrected chi connectivity index (χ4v) is 10.1. The number of rotatable bonds is 58. The van der Waals surface area contributed by atoms with Crippen molar-refractivity contribution >= 4 is 39.5 Å². The molecule has 0 rings (SSSR count). The second-order valence-corrected chi connectivity index (χ2v) is 24.2. The fourth-order valence-electron chi connectivity index (χ4n) is 8.49. The van der Waals surface area contributed by atoms with Crippen LogP contribution in [0.3, 0.4) is 0 Å². The molecule has 0 fully saturated rings. The van der Waals surface area contributed by atoms with Gasteiger partial charge in [0.1, 0.15) is 19.3 Å². The molecule has 77 heavy (non-hydrogen) atoms. The van der Waals surface area contributed by atoms with E-state index in [9.17, 15) is 43.2 Å². The van der Waals surface area contributed by atoms with Gasteiger partial charge < -0.3 is 33.8 Å². The van der Waals surface area contributed by atoms with Crippen LogP contribution in [0.15, 0.2) is 0 Å². The Hall–Kier alpha value is -1.94. The van der Waals surface area contributed by atoms with E-state index in [2.05, 4.69) is 34.6 Å². The topological polar surface area (TPSA) is 237 Å². The Labute approximate surface area is 467 Å². The maximum Gasteiger partial charge on any atom is 0.472 e. The van der Waals surface area contributed by atoms with E-state index in [0.29, 0.717) is 25.7 Å². The molecule has 0 aromatic rings. The summed E-state index contributed by atoms with van der Waals surface area (Å²) in [5.74, 6) is -1.42. The number of phosphoric acid groups is 2. The molecule has 0 aromatic carbocycles. The third-order valence-electron chi connectivity index (χ3n) is 13.6. The maximum absolute atomic E-state index is 12.9. The van der Waals surface area contributed by atoms with Crippen molar-refractivity contribution in [3.05, 3.63) is 0 Å². The van der Waals surface area contributed by atoms with Gasteiger partial charge in [-0.2, -0.15) is 0 Å². The minimum absolute atomic E-state index is 0.105. The van der Waals surface area contributed by atoms with Gasteiger partial charge in [-0.3, -0.25) is 37.3 Å². The van der Waals surface area contributed by atoms with Crippen molar-refractivity contribution in [2.75, 3.05) is 39.6 Å². The highest BCUT2D eigenvalue weighted by Gasteiger charge is 2.30. The molecule has 0 aliphatic heterocycles. The molecule has 456 valence electrons. The molecule has 0 aliphatic carbocycles. The Kier molecular flexibility index (Phi) is 50.8. The summed E-state index contributed by atoms with van der Waals surface area (Å²) in [6, 6.07) is 0. The van der Waals surface area contributed by atoms with Crippen molar-refractivity contribution in [2.24, 2.45) is 5.92 Å². The largest absolute Gasteiger partial charge is 0.472 e. The minimum atomic E-state index is -4.94. The highest BCUT2D eigenvalue weighted by molar-refractivity contribution is 7.47. The molecule has 0 heterocycles. The van der Waals surface area contributed by atoms with E-state index in [1.807, 2.05) is 0 Å². The number of phosphoric ester groups is 2. The summed E-state index contributed by atoms with van der Waals surface area (Å²) < 4.78 is 67.6. The fraction of sp³-hybridized carbons (Fsp3) is 0.931. The molecule has 6 atom stereocenters. The first kappa shape index (κ1) is 75.1. The first-order chi connectivity index (χ1) is 37.1. The van der Waals surface area contributed by atoms with Gasteiger partial charge in [0, 0.05) is 25.7 Å². The SMILES string of the molecule is CCCCCCCCCCCCCC(=O)O[C@H](COC(=O)CCCCCCCCC(C)CC)COP(=O)(O)OC[C@@H](O)COP(=O)(O)OC[C@@H](COC(=O)CCCCCCCCCC)OC(=O)CCCCCCCCCC. The lowest BCUT2D eigenvalue weighted by Crippen LogP contribution is -2.30. The predicted molar refractivity (Wildman–Crippen MR) is 303 cm³/mol. The first-order valence-electron chi connectivity index (χ1n) is 30.7. The molecule has 3 N–H and O–H groups in total. The van der Waals surface area contributed by atoms with Crippen LogP contribution in [0.25, 0.3) is 0 Å². The van der Waals surface area contributed by atoms with Gasteiger partial charge in [-0.15, -0.1) is 0 Å². The van der Waals surface area contributed by atoms with Gasteiger partial charge in [0.05, 0.1) is 26.4 Å². The Morgan fingerprint density at radius 2 is 0.623 bits per heavy atom. The van der Waals surface area contributed by atoms with Crippen LogP contribution < -0.4 is 0 Å². The van der Waals surface area contributed by atoms with Crippen LogP contribution in [0, 0.1) is 5.92 Å².